The maximum Gasteiger partial charge on any atom is 0.315 e. The molecule has 0 aliphatic carbocycles. The molecule has 114 valence electrons. The number of pyridine rings is 1. The quantitative estimate of drug-likeness (QED) is 0.878. The third-order valence-electron chi connectivity index (χ3n) is 3.75. The topological polar surface area (TPSA) is 74.3 Å². The van der Waals surface area contributed by atoms with Crippen LogP contribution < -0.4 is 10.6 Å². The number of nitrogens with zero attached hydrogens (tertiary/aromatic N) is 2. The molecule has 1 aliphatic heterocycles. The van der Waals surface area contributed by atoms with Crippen LogP contribution in [-0.2, 0) is 4.79 Å². The van der Waals surface area contributed by atoms with Gasteiger partial charge in [0.2, 0.25) is 5.91 Å². The van der Waals surface area contributed by atoms with Crippen molar-refractivity contribution in [2.24, 2.45) is 5.92 Å². The number of likely N-dealkylation sites (N-methyl/N-ethyl adjacent to an activating group) is 1. The van der Waals surface area contributed by atoms with Crippen molar-refractivity contribution < 1.29 is 9.59 Å². The van der Waals surface area contributed by atoms with Gasteiger partial charge in [-0.05, 0) is 30.0 Å². The van der Waals surface area contributed by atoms with Crippen molar-refractivity contribution in [3.63, 3.8) is 0 Å². The summed E-state index contributed by atoms with van der Waals surface area (Å²) in [6, 6.07) is 2.94. The Balaban J connectivity index is 1.98. The first-order valence-corrected chi connectivity index (χ1v) is 7.21. The Hall–Kier alpha value is -2.11. The second kappa shape index (κ2) is 6.56. The van der Waals surface area contributed by atoms with Crippen LogP contribution in [0.15, 0.2) is 24.5 Å². The largest absolute Gasteiger partial charge is 0.344 e. The summed E-state index contributed by atoms with van der Waals surface area (Å²) >= 11 is 0. The van der Waals surface area contributed by atoms with Crippen LogP contribution in [0, 0.1) is 5.92 Å². The predicted octanol–water partition coefficient (Wildman–Crippen LogP) is 1.31. The van der Waals surface area contributed by atoms with E-state index in [0.717, 1.165) is 5.56 Å². The minimum absolute atomic E-state index is 0.0323. The number of hydrogen-bond donors (Lipinski definition) is 2. The van der Waals surface area contributed by atoms with Gasteiger partial charge >= 0.3 is 6.03 Å². The summed E-state index contributed by atoms with van der Waals surface area (Å²) in [6.45, 7) is 4.77. The molecule has 2 N–H and O–H groups in total. The molecule has 1 fully saturated rings. The minimum Gasteiger partial charge on any atom is -0.344 e. The van der Waals surface area contributed by atoms with Crippen molar-refractivity contribution in [2.75, 3.05) is 13.6 Å². The number of carbonyl (C=O) groups excluding carboxylic acids is 2. The van der Waals surface area contributed by atoms with Gasteiger partial charge in [0.05, 0.1) is 6.04 Å². The standard InChI is InChI=1S/C15H22N4O2/c1-10(2)13(11-4-7-16-8-5-11)18-15(21)17-12-6-9-19(3)14(12)20/h4-5,7-8,10,12-13H,6,9H2,1-3H3,(H2,17,18,21)/t12-,13-/m1/s1. The first kappa shape index (κ1) is 15.3. The molecule has 2 atom stereocenters. The van der Waals surface area contributed by atoms with Gasteiger partial charge < -0.3 is 15.5 Å². The van der Waals surface area contributed by atoms with Crippen LogP contribution in [0.2, 0.25) is 0 Å². The van der Waals surface area contributed by atoms with E-state index in [0.29, 0.717) is 13.0 Å². The maximum atomic E-state index is 12.1. The van der Waals surface area contributed by atoms with Gasteiger partial charge in [-0.15, -0.1) is 0 Å². The van der Waals surface area contributed by atoms with Gasteiger partial charge in [0.1, 0.15) is 6.04 Å². The Bertz CT molecular complexity index is 504. The van der Waals surface area contributed by atoms with Crippen molar-refractivity contribution in [1.82, 2.24) is 20.5 Å². The third-order valence-corrected chi connectivity index (χ3v) is 3.75. The van der Waals surface area contributed by atoms with Crippen LogP contribution in [0.1, 0.15) is 31.9 Å². The van der Waals surface area contributed by atoms with Gasteiger partial charge in [0.25, 0.3) is 0 Å². The van der Waals surface area contributed by atoms with Gasteiger partial charge in [-0.25, -0.2) is 4.79 Å². The number of nitrogens with one attached hydrogen (secondary N) is 2. The lowest BCUT2D eigenvalue weighted by atomic mass is 9.97. The smallest absolute Gasteiger partial charge is 0.315 e. The number of rotatable bonds is 4. The summed E-state index contributed by atoms with van der Waals surface area (Å²) in [7, 11) is 1.75. The third kappa shape index (κ3) is 3.71. The highest BCUT2D eigenvalue weighted by Crippen LogP contribution is 2.20. The Morgan fingerprint density at radius 1 is 1.38 bits per heavy atom. The fourth-order valence-electron chi connectivity index (χ4n) is 2.50. The number of urea groups is 1. The van der Waals surface area contributed by atoms with Gasteiger partial charge in [0.15, 0.2) is 0 Å². The van der Waals surface area contributed by atoms with E-state index in [2.05, 4.69) is 15.6 Å². The molecule has 21 heavy (non-hydrogen) atoms. The van der Waals surface area contributed by atoms with Gasteiger partial charge in [0, 0.05) is 26.0 Å². The van der Waals surface area contributed by atoms with Crippen molar-refractivity contribution >= 4 is 11.9 Å². The lowest BCUT2D eigenvalue weighted by Crippen LogP contribution is -2.47. The average molecular weight is 290 g/mol. The molecule has 6 nitrogen and oxygen atoms in total. The Morgan fingerprint density at radius 3 is 2.57 bits per heavy atom. The first-order valence-electron chi connectivity index (χ1n) is 7.21. The summed E-state index contributed by atoms with van der Waals surface area (Å²) in [5.41, 5.74) is 1.00. The lowest BCUT2D eigenvalue weighted by molar-refractivity contribution is -0.128. The van der Waals surface area contributed by atoms with E-state index in [9.17, 15) is 9.59 Å². The van der Waals surface area contributed by atoms with Crippen molar-refractivity contribution in [2.45, 2.75) is 32.4 Å². The van der Waals surface area contributed by atoms with Crippen LogP contribution >= 0.6 is 0 Å². The number of amides is 3. The second-order valence-corrected chi connectivity index (χ2v) is 5.72. The molecule has 0 unspecified atom stereocenters. The molecule has 1 saturated heterocycles. The van der Waals surface area contributed by atoms with E-state index in [1.807, 2.05) is 26.0 Å². The molecule has 1 aliphatic rings. The van der Waals surface area contributed by atoms with Crippen molar-refractivity contribution in [3.8, 4) is 0 Å². The predicted molar refractivity (Wildman–Crippen MR) is 79.5 cm³/mol. The average Bonchev–Trinajstić information content (AvgIpc) is 2.77. The molecule has 6 heteroatoms. The van der Waals surface area contributed by atoms with Gasteiger partial charge in [-0.1, -0.05) is 13.8 Å². The Morgan fingerprint density at radius 2 is 2.05 bits per heavy atom. The molecule has 3 amide bonds. The number of aromatic nitrogens is 1. The van der Waals surface area contributed by atoms with E-state index in [4.69, 9.17) is 0 Å². The number of likely N-dealkylation sites (tertiary alicyclic amines) is 1. The molecule has 0 spiro atoms. The highest BCUT2D eigenvalue weighted by molar-refractivity contribution is 5.88. The van der Waals surface area contributed by atoms with Crippen molar-refractivity contribution in [3.05, 3.63) is 30.1 Å². The van der Waals surface area contributed by atoms with E-state index in [-0.39, 0.29) is 23.9 Å². The van der Waals surface area contributed by atoms with Crippen molar-refractivity contribution in [1.29, 1.82) is 0 Å². The van der Waals surface area contributed by atoms with Crippen LogP contribution in [-0.4, -0.2) is 41.5 Å². The van der Waals surface area contributed by atoms with E-state index >= 15 is 0 Å². The first-order chi connectivity index (χ1) is 9.99. The molecule has 0 radical (unpaired) electrons. The maximum absolute atomic E-state index is 12.1. The molecule has 0 bridgehead atoms. The monoisotopic (exact) mass is 290 g/mol. The normalized spacial score (nSPS) is 19.7. The summed E-state index contributed by atoms with van der Waals surface area (Å²) in [5, 5.41) is 5.70. The van der Waals surface area contributed by atoms with Gasteiger partial charge in [-0.3, -0.25) is 9.78 Å². The Labute approximate surface area is 124 Å². The van der Waals surface area contributed by atoms with Gasteiger partial charge in [-0.2, -0.15) is 0 Å². The summed E-state index contributed by atoms with van der Waals surface area (Å²) < 4.78 is 0. The molecule has 2 heterocycles. The summed E-state index contributed by atoms with van der Waals surface area (Å²) in [5.74, 6) is 0.204. The van der Waals surface area contributed by atoms with E-state index in [1.54, 1.807) is 24.3 Å². The molecule has 0 saturated carbocycles. The second-order valence-electron chi connectivity index (χ2n) is 5.72. The zero-order chi connectivity index (χ0) is 15.4. The Kier molecular flexibility index (Phi) is 4.77. The molecule has 2 rings (SSSR count). The highest BCUT2D eigenvalue weighted by Gasteiger charge is 2.30. The zero-order valence-corrected chi connectivity index (χ0v) is 12.7. The summed E-state index contributed by atoms with van der Waals surface area (Å²) in [4.78, 5) is 29.6. The number of hydrogen-bond acceptors (Lipinski definition) is 3. The SMILES string of the molecule is CC(C)[C@@H](NC(=O)N[C@@H]1CCN(C)C1=O)c1ccncc1. The minimum atomic E-state index is -0.416. The fraction of sp³-hybridized carbons (Fsp3) is 0.533. The molecule has 1 aromatic rings. The molecule has 1 aromatic heterocycles. The van der Waals surface area contributed by atoms with Crippen LogP contribution in [0.4, 0.5) is 4.79 Å². The fourth-order valence-corrected chi connectivity index (χ4v) is 2.50. The number of carbonyl (C=O) groups is 2. The summed E-state index contributed by atoms with van der Waals surface area (Å²) in [6.07, 6.45) is 4.07. The highest BCUT2D eigenvalue weighted by atomic mass is 16.2. The van der Waals surface area contributed by atoms with Crippen LogP contribution in [0.25, 0.3) is 0 Å². The van der Waals surface area contributed by atoms with E-state index < -0.39 is 6.04 Å². The molecular formula is C15H22N4O2. The zero-order valence-electron chi connectivity index (χ0n) is 12.7. The lowest BCUT2D eigenvalue weighted by Gasteiger charge is -2.24. The molecular weight excluding hydrogens is 268 g/mol. The molecule has 0 aromatic carbocycles. The van der Waals surface area contributed by atoms with E-state index in [1.165, 1.54) is 0 Å². The van der Waals surface area contributed by atoms with Crippen LogP contribution in [0.5, 0.6) is 0 Å². The van der Waals surface area contributed by atoms with Crippen LogP contribution in [0.3, 0.4) is 0 Å².